The number of nitrogen functional groups attached to an aromatic ring is 2. The van der Waals surface area contributed by atoms with Crippen LogP contribution in [0.1, 0.15) is 0 Å². The van der Waals surface area contributed by atoms with E-state index in [-0.39, 0.29) is 0 Å². The molecule has 0 fully saturated rings. The summed E-state index contributed by atoms with van der Waals surface area (Å²) in [5, 5.41) is 0. The van der Waals surface area contributed by atoms with E-state index in [1.165, 1.54) is 0 Å². The normalized spacial score (nSPS) is 11.4. The lowest BCUT2D eigenvalue weighted by Gasteiger charge is -2.12. The van der Waals surface area contributed by atoms with Gasteiger partial charge in [-0.3, -0.25) is 0 Å². The van der Waals surface area contributed by atoms with E-state index < -0.39 is 78.5 Å². The van der Waals surface area contributed by atoms with Gasteiger partial charge in [-0.15, -0.1) is 0 Å². The molecule has 2 aromatic rings. The monoisotopic (exact) mass is 376 g/mol. The van der Waals surface area contributed by atoms with E-state index in [1.54, 1.807) is 0 Å². The first-order valence-electron chi connectivity index (χ1n) is 5.66. The first kappa shape index (κ1) is 18.0. The SMILES string of the molecule is Nc1c(F)c(F)c(F)c(S(=O)c2c(F)c(N)c(F)c(F)c2F)c1F. The van der Waals surface area contributed by atoms with Crippen molar-refractivity contribution in [3.8, 4) is 0 Å². The average molecular weight is 376 g/mol. The van der Waals surface area contributed by atoms with Crippen LogP contribution >= 0.6 is 0 Å². The number of nitrogens with two attached hydrogens (primary N) is 2. The Balaban J connectivity index is 2.87. The fraction of sp³-hybridized carbons (Fsp3) is 0. The average Bonchev–Trinajstić information content (AvgIpc) is 2.55. The van der Waals surface area contributed by atoms with Gasteiger partial charge in [-0.1, -0.05) is 0 Å². The van der Waals surface area contributed by atoms with Gasteiger partial charge >= 0.3 is 0 Å². The van der Waals surface area contributed by atoms with Crippen LogP contribution in [0.15, 0.2) is 9.79 Å². The number of hydrogen-bond donors (Lipinski definition) is 2. The summed E-state index contributed by atoms with van der Waals surface area (Å²) in [5.41, 5.74) is 6.32. The van der Waals surface area contributed by atoms with E-state index in [2.05, 4.69) is 0 Å². The predicted molar refractivity (Wildman–Crippen MR) is 66.0 cm³/mol. The third kappa shape index (κ3) is 2.37. The molecule has 0 aliphatic carbocycles. The van der Waals surface area contributed by atoms with Gasteiger partial charge in [0.1, 0.15) is 21.2 Å². The predicted octanol–water partition coefficient (Wildman–Crippen LogP) is 3.13. The minimum Gasteiger partial charge on any atom is -0.394 e. The van der Waals surface area contributed by atoms with Gasteiger partial charge in [-0.05, 0) is 0 Å². The first-order chi connectivity index (χ1) is 11.0. The molecule has 3 nitrogen and oxygen atoms in total. The number of rotatable bonds is 2. The lowest BCUT2D eigenvalue weighted by atomic mass is 10.2. The van der Waals surface area contributed by atoms with Gasteiger partial charge in [0.25, 0.3) is 0 Å². The fourth-order valence-corrected chi connectivity index (χ4v) is 2.94. The number of benzene rings is 2. The molecule has 0 amide bonds. The van der Waals surface area contributed by atoms with Crippen molar-refractivity contribution in [2.75, 3.05) is 11.5 Å². The summed E-state index contributed by atoms with van der Waals surface area (Å²) in [6.07, 6.45) is 0. The van der Waals surface area contributed by atoms with Crippen molar-refractivity contribution in [2.45, 2.75) is 9.79 Å². The zero-order valence-electron chi connectivity index (χ0n) is 11.0. The molecule has 0 aliphatic heterocycles. The Morgan fingerprint density at radius 3 is 1.08 bits per heavy atom. The second kappa shape index (κ2) is 5.92. The lowest BCUT2D eigenvalue weighted by molar-refractivity contribution is 0.411. The Labute approximate surface area is 130 Å². The Hall–Kier alpha value is -2.37. The van der Waals surface area contributed by atoms with Crippen LogP contribution in [0, 0.1) is 46.5 Å². The molecular formula is C12H4F8N2OS. The second-order valence-corrected chi connectivity index (χ2v) is 5.62. The molecule has 0 radical (unpaired) electrons. The topological polar surface area (TPSA) is 69.1 Å². The van der Waals surface area contributed by atoms with Gasteiger partial charge in [-0.2, -0.15) is 0 Å². The van der Waals surface area contributed by atoms with Gasteiger partial charge in [0.05, 0.1) is 10.8 Å². The van der Waals surface area contributed by atoms with E-state index in [0.717, 1.165) is 0 Å². The highest BCUT2D eigenvalue weighted by Crippen LogP contribution is 2.35. The molecule has 0 unspecified atom stereocenters. The van der Waals surface area contributed by atoms with E-state index in [0.29, 0.717) is 0 Å². The quantitative estimate of drug-likeness (QED) is 0.366. The summed E-state index contributed by atoms with van der Waals surface area (Å²) in [6.45, 7) is 0. The molecule has 0 aromatic heterocycles. The van der Waals surface area contributed by atoms with Crippen LogP contribution in [0.3, 0.4) is 0 Å². The molecule has 0 spiro atoms. The zero-order valence-corrected chi connectivity index (χ0v) is 11.8. The second-order valence-electron chi connectivity index (χ2n) is 4.27. The van der Waals surface area contributed by atoms with Gasteiger partial charge in [0, 0.05) is 0 Å². The molecule has 0 atom stereocenters. The largest absolute Gasteiger partial charge is 0.394 e. The summed E-state index contributed by atoms with van der Waals surface area (Å²) in [4.78, 5) is -3.79. The Bertz CT molecular complexity index is 772. The summed E-state index contributed by atoms with van der Waals surface area (Å²) in [6, 6.07) is 0. The van der Waals surface area contributed by atoms with Gasteiger partial charge in [0.2, 0.25) is 0 Å². The highest BCUT2D eigenvalue weighted by Gasteiger charge is 2.34. The lowest BCUT2D eigenvalue weighted by Crippen LogP contribution is -2.14. The summed E-state index contributed by atoms with van der Waals surface area (Å²) in [5.74, 6) is -18.2. The molecule has 24 heavy (non-hydrogen) atoms. The summed E-state index contributed by atoms with van der Waals surface area (Å²) >= 11 is 0. The van der Waals surface area contributed by atoms with E-state index in [4.69, 9.17) is 11.5 Å². The van der Waals surface area contributed by atoms with Crippen molar-refractivity contribution in [1.29, 1.82) is 0 Å². The van der Waals surface area contributed by atoms with Crippen molar-refractivity contribution in [2.24, 2.45) is 0 Å². The number of anilines is 2. The van der Waals surface area contributed by atoms with Crippen LogP contribution in [0.5, 0.6) is 0 Å². The van der Waals surface area contributed by atoms with Crippen molar-refractivity contribution >= 4 is 22.2 Å². The van der Waals surface area contributed by atoms with Crippen LogP contribution in [0.2, 0.25) is 0 Å². The molecule has 0 saturated carbocycles. The molecule has 0 bridgehead atoms. The van der Waals surface area contributed by atoms with Crippen LogP contribution in [-0.2, 0) is 10.8 Å². The van der Waals surface area contributed by atoms with Gasteiger partial charge < -0.3 is 11.5 Å². The van der Waals surface area contributed by atoms with Crippen LogP contribution in [0.4, 0.5) is 46.5 Å². The molecule has 0 saturated heterocycles. The minimum absolute atomic E-state index is 1.63. The van der Waals surface area contributed by atoms with Crippen LogP contribution in [-0.4, -0.2) is 4.21 Å². The fourth-order valence-electron chi connectivity index (χ4n) is 1.69. The maximum atomic E-state index is 13.8. The van der Waals surface area contributed by atoms with Crippen molar-refractivity contribution < 1.29 is 39.3 Å². The summed E-state index contributed by atoms with van der Waals surface area (Å²) < 4.78 is 120. The smallest absolute Gasteiger partial charge is 0.198 e. The Morgan fingerprint density at radius 2 is 0.792 bits per heavy atom. The van der Waals surface area contributed by atoms with E-state index >= 15 is 0 Å². The third-order valence-electron chi connectivity index (χ3n) is 2.88. The Kier molecular flexibility index (Phi) is 4.44. The molecule has 130 valence electrons. The van der Waals surface area contributed by atoms with Crippen molar-refractivity contribution in [1.82, 2.24) is 0 Å². The minimum atomic E-state index is -3.62. The maximum Gasteiger partial charge on any atom is 0.198 e. The third-order valence-corrected chi connectivity index (χ3v) is 4.34. The van der Waals surface area contributed by atoms with E-state index in [9.17, 15) is 39.3 Å². The van der Waals surface area contributed by atoms with Gasteiger partial charge in [-0.25, -0.2) is 39.3 Å². The standard InChI is InChI=1S/C12H4F8N2OS/c13-1-3(15)9(21)7(19)11(5(1)17)24(23)12-6(18)2(14)4(16)10(22)8(12)20/h21-22H2. The molecule has 2 aromatic carbocycles. The van der Waals surface area contributed by atoms with Crippen molar-refractivity contribution in [3.05, 3.63) is 46.5 Å². The van der Waals surface area contributed by atoms with Crippen LogP contribution < -0.4 is 11.5 Å². The highest BCUT2D eigenvalue weighted by atomic mass is 32.2. The maximum absolute atomic E-state index is 13.8. The molecule has 0 heterocycles. The Morgan fingerprint density at radius 1 is 0.500 bits per heavy atom. The number of hydrogen-bond acceptors (Lipinski definition) is 3. The molecule has 4 N–H and O–H groups in total. The highest BCUT2D eigenvalue weighted by molar-refractivity contribution is 7.85. The molecule has 0 aliphatic rings. The van der Waals surface area contributed by atoms with Crippen molar-refractivity contribution in [3.63, 3.8) is 0 Å². The van der Waals surface area contributed by atoms with E-state index in [1.807, 2.05) is 0 Å². The van der Waals surface area contributed by atoms with Crippen LogP contribution in [0.25, 0.3) is 0 Å². The molecule has 2 rings (SSSR count). The molecular weight excluding hydrogens is 372 g/mol. The first-order valence-corrected chi connectivity index (χ1v) is 6.81. The zero-order chi connectivity index (χ0) is 18.5. The molecule has 12 heteroatoms. The number of halogens is 8. The summed E-state index contributed by atoms with van der Waals surface area (Å²) in [7, 11) is -3.62. The van der Waals surface area contributed by atoms with Gasteiger partial charge in [0.15, 0.2) is 46.5 Å².